The molecule has 1 atom stereocenters. The molecule has 0 aliphatic heterocycles. The Morgan fingerprint density at radius 1 is 1.03 bits per heavy atom. The fourth-order valence-electron chi connectivity index (χ4n) is 3.00. The molecule has 0 amide bonds. The van der Waals surface area contributed by atoms with Gasteiger partial charge in [0.1, 0.15) is 0 Å². The standard InChI is InChI=1S/C23H20Br2ClNO4S/c1-15-13-21(25)19(14-20(15)24)23(28)31-12-11-22(16-5-3-2-4-6-16)27-32(29,30)18-9-7-17(26)8-10-18/h2-10,13-14,22,27H,11-12H2,1H3. The minimum Gasteiger partial charge on any atom is -0.462 e. The van der Waals surface area contributed by atoms with Gasteiger partial charge in [-0.05, 0) is 70.4 Å². The van der Waals surface area contributed by atoms with Crippen LogP contribution in [0.2, 0.25) is 5.02 Å². The van der Waals surface area contributed by atoms with Crippen molar-refractivity contribution < 1.29 is 17.9 Å². The first-order chi connectivity index (χ1) is 15.2. The number of hydrogen-bond donors (Lipinski definition) is 1. The monoisotopic (exact) mass is 599 g/mol. The van der Waals surface area contributed by atoms with Gasteiger partial charge < -0.3 is 4.74 Å². The molecular formula is C23H20Br2ClNO4S. The molecule has 0 radical (unpaired) electrons. The second kappa shape index (κ2) is 10.9. The topological polar surface area (TPSA) is 72.5 Å². The molecule has 0 aliphatic rings. The first-order valence-corrected chi connectivity index (χ1v) is 13.1. The summed E-state index contributed by atoms with van der Waals surface area (Å²) in [6.45, 7) is 1.95. The highest BCUT2D eigenvalue weighted by Crippen LogP contribution is 2.27. The van der Waals surface area contributed by atoms with Gasteiger partial charge in [0.15, 0.2) is 0 Å². The molecule has 5 nitrogen and oxygen atoms in total. The summed E-state index contributed by atoms with van der Waals surface area (Å²) in [5.74, 6) is -0.495. The van der Waals surface area contributed by atoms with Gasteiger partial charge in [0, 0.05) is 20.4 Å². The molecule has 32 heavy (non-hydrogen) atoms. The Hall–Kier alpha value is -1.71. The van der Waals surface area contributed by atoms with E-state index in [4.69, 9.17) is 16.3 Å². The predicted molar refractivity (Wildman–Crippen MR) is 132 cm³/mol. The zero-order valence-electron chi connectivity index (χ0n) is 17.0. The number of carbonyl (C=O) groups is 1. The average molecular weight is 602 g/mol. The maximum Gasteiger partial charge on any atom is 0.339 e. The third kappa shape index (κ3) is 6.42. The molecule has 1 unspecified atom stereocenters. The summed E-state index contributed by atoms with van der Waals surface area (Å²) in [5.41, 5.74) is 2.13. The number of esters is 1. The largest absolute Gasteiger partial charge is 0.462 e. The van der Waals surface area contributed by atoms with Crippen LogP contribution in [-0.2, 0) is 14.8 Å². The number of ether oxygens (including phenoxy) is 1. The summed E-state index contributed by atoms with van der Waals surface area (Å²) < 4.78 is 35.4. The third-order valence-corrected chi connectivity index (χ3v) is 7.98. The smallest absolute Gasteiger partial charge is 0.339 e. The number of sulfonamides is 1. The molecule has 0 aromatic heterocycles. The number of aryl methyl sites for hydroxylation is 1. The van der Waals surface area contributed by atoms with E-state index in [9.17, 15) is 13.2 Å². The second-order valence-electron chi connectivity index (χ2n) is 7.04. The Labute approximate surface area is 209 Å². The molecular weight excluding hydrogens is 582 g/mol. The first-order valence-electron chi connectivity index (χ1n) is 9.63. The normalized spacial score (nSPS) is 12.4. The van der Waals surface area contributed by atoms with Gasteiger partial charge in [0.25, 0.3) is 0 Å². The van der Waals surface area contributed by atoms with Crippen molar-refractivity contribution in [1.82, 2.24) is 4.72 Å². The summed E-state index contributed by atoms with van der Waals surface area (Å²) in [6.07, 6.45) is 0.257. The summed E-state index contributed by atoms with van der Waals surface area (Å²) in [6, 6.07) is 18.0. The molecule has 3 aromatic rings. The van der Waals surface area contributed by atoms with Gasteiger partial charge in [-0.2, -0.15) is 0 Å². The molecule has 3 rings (SSSR count). The minimum absolute atomic E-state index is 0.0272. The molecule has 0 aliphatic carbocycles. The van der Waals surface area contributed by atoms with E-state index in [0.29, 0.717) is 15.1 Å². The van der Waals surface area contributed by atoms with E-state index in [0.717, 1.165) is 15.6 Å². The molecule has 3 aromatic carbocycles. The Balaban J connectivity index is 1.74. The molecule has 1 N–H and O–H groups in total. The molecule has 0 heterocycles. The molecule has 0 saturated heterocycles. The van der Waals surface area contributed by atoms with E-state index in [1.807, 2.05) is 43.3 Å². The van der Waals surface area contributed by atoms with Gasteiger partial charge in [-0.3, -0.25) is 0 Å². The Bertz CT molecular complexity index is 1200. The Kier molecular flexibility index (Phi) is 8.52. The van der Waals surface area contributed by atoms with Crippen LogP contribution in [0.5, 0.6) is 0 Å². The molecule has 0 fully saturated rings. The number of rotatable bonds is 8. The van der Waals surface area contributed by atoms with Crippen molar-refractivity contribution in [2.75, 3.05) is 6.61 Å². The van der Waals surface area contributed by atoms with Gasteiger partial charge in [0.05, 0.1) is 23.1 Å². The van der Waals surface area contributed by atoms with Gasteiger partial charge in [-0.15, -0.1) is 0 Å². The molecule has 9 heteroatoms. The van der Waals surface area contributed by atoms with Crippen molar-refractivity contribution in [1.29, 1.82) is 0 Å². The van der Waals surface area contributed by atoms with Gasteiger partial charge in [0.2, 0.25) is 10.0 Å². The highest BCUT2D eigenvalue weighted by atomic mass is 79.9. The maximum atomic E-state index is 12.9. The van der Waals surface area contributed by atoms with E-state index >= 15 is 0 Å². The number of nitrogens with one attached hydrogen (secondary N) is 1. The molecule has 0 saturated carbocycles. The number of carbonyl (C=O) groups excluding carboxylic acids is 1. The fourth-order valence-corrected chi connectivity index (χ4v) is 5.35. The van der Waals surface area contributed by atoms with Crippen molar-refractivity contribution >= 4 is 59.5 Å². The van der Waals surface area contributed by atoms with Crippen molar-refractivity contribution in [2.24, 2.45) is 0 Å². The van der Waals surface area contributed by atoms with Crippen LogP contribution in [0.15, 0.2) is 80.6 Å². The van der Waals surface area contributed by atoms with Crippen LogP contribution in [0.1, 0.15) is 33.9 Å². The van der Waals surface area contributed by atoms with Crippen LogP contribution >= 0.6 is 43.5 Å². The van der Waals surface area contributed by atoms with E-state index in [1.54, 1.807) is 6.07 Å². The lowest BCUT2D eigenvalue weighted by Crippen LogP contribution is -2.29. The highest BCUT2D eigenvalue weighted by molar-refractivity contribution is 9.11. The zero-order valence-corrected chi connectivity index (χ0v) is 21.8. The van der Waals surface area contributed by atoms with E-state index in [1.165, 1.54) is 24.3 Å². The third-order valence-electron chi connectivity index (χ3n) is 4.73. The van der Waals surface area contributed by atoms with Gasteiger partial charge >= 0.3 is 5.97 Å². The summed E-state index contributed by atoms with van der Waals surface area (Å²) >= 11 is 12.7. The summed E-state index contributed by atoms with van der Waals surface area (Å²) in [5, 5.41) is 0.448. The Morgan fingerprint density at radius 3 is 2.34 bits per heavy atom. The van der Waals surface area contributed by atoms with Crippen molar-refractivity contribution in [2.45, 2.75) is 24.3 Å². The number of benzene rings is 3. The van der Waals surface area contributed by atoms with Gasteiger partial charge in [-0.25, -0.2) is 17.9 Å². The molecule has 0 spiro atoms. The fraction of sp³-hybridized carbons (Fsp3) is 0.174. The van der Waals surface area contributed by atoms with Crippen LogP contribution < -0.4 is 4.72 Å². The quantitative estimate of drug-likeness (QED) is 0.302. The van der Waals surface area contributed by atoms with Crippen LogP contribution in [0.4, 0.5) is 0 Å². The molecule has 0 bridgehead atoms. The van der Waals surface area contributed by atoms with Gasteiger partial charge in [-0.1, -0.05) is 57.9 Å². The maximum absolute atomic E-state index is 12.9. The van der Waals surface area contributed by atoms with E-state index in [-0.39, 0.29) is 17.9 Å². The van der Waals surface area contributed by atoms with Crippen LogP contribution in [-0.4, -0.2) is 21.0 Å². The highest BCUT2D eigenvalue weighted by Gasteiger charge is 2.22. The van der Waals surface area contributed by atoms with Crippen molar-refractivity contribution in [3.8, 4) is 0 Å². The van der Waals surface area contributed by atoms with E-state index in [2.05, 4.69) is 36.6 Å². The lowest BCUT2D eigenvalue weighted by Gasteiger charge is -2.19. The van der Waals surface area contributed by atoms with Crippen LogP contribution in [0.25, 0.3) is 0 Å². The molecule has 168 valence electrons. The minimum atomic E-state index is -3.81. The van der Waals surface area contributed by atoms with Crippen molar-refractivity contribution in [3.63, 3.8) is 0 Å². The summed E-state index contributed by atoms with van der Waals surface area (Å²) in [7, 11) is -3.81. The summed E-state index contributed by atoms with van der Waals surface area (Å²) in [4.78, 5) is 12.7. The number of halogens is 3. The van der Waals surface area contributed by atoms with Crippen molar-refractivity contribution in [3.05, 3.63) is 97.4 Å². The van der Waals surface area contributed by atoms with Crippen LogP contribution in [0.3, 0.4) is 0 Å². The average Bonchev–Trinajstić information content (AvgIpc) is 2.76. The second-order valence-corrected chi connectivity index (χ2v) is 10.9. The Morgan fingerprint density at radius 2 is 1.69 bits per heavy atom. The zero-order chi connectivity index (χ0) is 23.3. The lowest BCUT2D eigenvalue weighted by molar-refractivity contribution is 0.0491. The van der Waals surface area contributed by atoms with Crippen LogP contribution in [0, 0.1) is 6.92 Å². The number of hydrogen-bond acceptors (Lipinski definition) is 4. The predicted octanol–water partition coefficient (Wildman–Crippen LogP) is 6.44. The van der Waals surface area contributed by atoms with E-state index < -0.39 is 22.0 Å². The SMILES string of the molecule is Cc1cc(Br)c(C(=O)OCCC(NS(=O)(=O)c2ccc(Cl)cc2)c2ccccc2)cc1Br. The lowest BCUT2D eigenvalue weighted by atomic mass is 10.1. The first kappa shape index (κ1) is 24.9.